The number of nitrogens with two attached hydrogens (primary N) is 1. The molecule has 0 spiro atoms. The lowest BCUT2D eigenvalue weighted by atomic mass is 10.1. The third-order valence-corrected chi connectivity index (χ3v) is 2.90. The molecule has 0 radical (unpaired) electrons. The number of carbonyl (C=O) groups is 1. The van der Waals surface area contributed by atoms with Crippen LogP contribution in [-0.2, 0) is 11.0 Å². The summed E-state index contributed by atoms with van der Waals surface area (Å²) in [5, 5.41) is 0. The molecule has 0 saturated carbocycles. The van der Waals surface area contributed by atoms with Crippen LogP contribution in [0.2, 0.25) is 0 Å². The Labute approximate surface area is 125 Å². The maximum Gasteiger partial charge on any atom is 0.419 e. The fourth-order valence-electron chi connectivity index (χ4n) is 1.61. The minimum absolute atomic E-state index is 0.0799. The smallest absolute Gasteiger partial charge is 0.419 e. The lowest BCUT2D eigenvalue weighted by molar-refractivity contribution is -0.142. The van der Waals surface area contributed by atoms with Gasteiger partial charge in [-0.05, 0) is 25.1 Å². The number of likely N-dealkylation sites (N-methyl/N-ethyl adjacent to an activating group) is 1. The predicted molar refractivity (Wildman–Crippen MR) is 76.1 cm³/mol. The van der Waals surface area contributed by atoms with Gasteiger partial charge in [0.1, 0.15) is 10.7 Å². The van der Waals surface area contributed by atoms with Crippen LogP contribution in [0, 0.1) is 0 Å². The SMILES string of the molecule is CC(Oc1ccc(C(N)=S)cc1C(F)(F)F)C(=O)N(C)C. The second-order valence-electron chi connectivity index (χ2n) is 4.57. The zero-order valence-corrected chi connectivity index (χ0v) is 12.5. The molecular weight excluding hydrogens is 305 g/mol. The third-order valence-electron chi connectivity index (χ3n) is 2.66. The first-order valence-electron chi connectivity index (χ1n) is 5.93. The van der Waals surface area contributed by atoms with Crippen molar-refractivity contribution in [2.24, 2.45) is 5.73 Å². The van der Waals surface area contributed by atoms with Gasteiger partial charge in [-0.3, -0.25) is 4.79 Å². The van der Waals surface area contributed by atoms with Crippen LogP contribution in [0.3, 0.4) is 0 Å². The van der Waals surface area contributed by atoms with E-state index in [0.29, 0.717) is 0 Å². The number of hydrogen-bond acceptors (Lipinski definition) is 3. The minimum atomic E-state index is -4.64. The topological polar surface area (TPSA) is 55.6 Å². The molecular formula is C13H15F3N2O2S. The van der Waals surface area contributed by atoms with Crippen LogP contribution in [0.4, 0.5) is 13.2 Å². The van der Waals surface area contributed by atoms with Gasteiger partial charge < -0.3 is 15.4 Å². The van der Waals surface area contributed by atoms with Gasteiger partial charge in [-0.25, -0.2) is 0 Å². The number of amides is 1. The van der Waals surface area contributed by atoms with Gasteiger partial charge in [0.15, 0.2) is 6.10 Å². The summed E-state index contributed by atoms with van der Waals surface area (Å²) < 4.78 is 44.3. The molecule has 0 aliphatic rings. The lowest BCUT2D eigenvalue weighted by Crippen LogP contribution is -2.35. The Morgan fingerprint density at radius 1 is 1.38 bits per heavy atom. The highest BCUT2D eigenvalue weighted by atomic mass is 32.1. The number of nitrogens with zero attached hydrogens (tertiary/aromatic N) is 1. The Bertz CT molecular complexity index is 559. The first kappa shape index (κ1) is 17.2. The maximum atomic E-state index is 13.0. The van der Waals surface area contributed by atoms with Crippen molar-refractivity contribution >= 4 is 23.1 Å². The highest BCUT2D eigenvalue weighted by Gasteiger charge is 2.35. The van der Waals surface area contributed by atoms with Gasteiger partial charge in [-0.15, -0.1) is 0 Å². The van der Waals surface area contributed by atoms with Crippen molar-refractivity contribution in [1.82, 2.24) is 4.90 Å². The highest BCUT2D eigenvalue weighted by Crippen LogP contribution is 2.37. The molecule has 0 aromatic heterocycles. The number of thiocarbonyl (C=S) groups is 1. The molecule has 116 valence electrons. The first-order chi connectivity index (χ1) is 9.54. The predicted octanol–water partition coefficient (Wildman–Crippen LogP) is 2.20. The van der Waals surface area contributed by atoms with Crippen LogP contribution in [0.5, 0.6) is 5.75 Å². The van der Waals surface area contributed by atoms with E-state index in [4.69, 9.17) is 10.5 Å². The van der Waals surface area contributed by atoms with E-state index in [-0.39, 0.29) is 10.6 Å². The van der Waals surface area contributed by atoms with E-state index in [1.165, 1.54) is 32.0 Å². The maximum absolute atomic E-state index is 13.0. The summed E-state index contributed by atoms with van der Waals surface area (Å²) in [6, 6.07) is 3.24. The lowest BCUT2D eigenvalue weighted by Gasteiger charge is -2.21. The molecule has 0 saturated heterocycles. The van der Waals surface area contributed by atoms with E-state index in [1.807, 2.05) is 0 Å². The van der Waals surface area contributed by atoms with Gasteiger partial charge in [0.2, 0.25) is 0 Å². The number of benzene rings is 1. The van der Waals surface area contributed by atoms with Crippen LogP contribution < -0.4 is 10.5 Å². The van der Waals surface area contributed by atoms with E-state index < -0.39 is 29.5 Å². The highest BCUT2D eigenvalue weighted by molar-refractivity contribution is 7.80. The van der Waals surface area contributed by atoms with Crippen LogP contribution in [0.1, 0.15) is 18.1 Å². The fourth-order valence-corrected chi connectivity index (χ4v) is 1.74. The number of hydrogen-bond donors (Lipinski definition) is 1. The molecule has 1 aromatic carbocycles. The molecule has 4 nitrogen and oxygen atoms in total. The number of carbonyl (C=O) groups excluding carboxylic acids is 1. The minimum Gasteiger partial charge on any atom is -0.480 e. The number of rotatable bonds is 4. The van der Waals surface area contributed by atoms with Gasteiger partial charge in [0, 0.05) is 19.7 Å². The van der Waals surface area contributed by atoms with Crippen molar-refractivity contribution in [1.29, 1.82) is 0 Å². The standard InChI is InChI=1S/C13H15F3N2O2S/c1-7(12(19)18(2)3)20-10-5-4-8(11(17)21)6-9(10)13(14,15)16/h4-7H,1-3H3,(H2,17,21). The molecule has 1 amide bonds. The summed E-state index contributed by atoms with van der Waals surface area (Å²) in [5.74, 6) is -0.883. The summed E-state index contributed by atoms with van der Waals surface area (Å²) in [6.07, 6.45) is -5.69. The Morgan fingerprint density at radius 3 is 2.38 bits per heavy atom. The second kappa shape index (κ2) is 6.30. The van der Waals surface area contributed by atoms with E-state index >= 15 is 0 Å². The second-order valence-corrected chi connectivity index (χ2v) is 5.01. The number of alkyl halides is 3. The molecule has 1 rings (SSSR count). The molecule has 0 bridgehead atoms. The van der Waals surface area contributed by atoms with Crippen molar-refractivity contribution in [2.75, 3.05) is 14.1 Å². The summed E-state index contributed by atoms with van der Waals surface area (Å²) in [6.45, 7) is 1.38. The van der Waals surface area contributed by atoms with Gasteiger partial charge in [-0.2, -0.15) is 13.2 Å². The first-order valence-corrected chi connectivity index (χ1v) is 6.33. The average Bonchev–Trinajstić information content (AvgIpc) is 2.36. The van der Waals surface area contributed by atoms with Gasteiger partial charge in [0.05, 0.1) is 5.56 Å². The van der Waals surface area contributed by atoms with Crippen molar-refractivity contribution < 1.29 is 22.7 Å². The van der Waals surface area contributed by atoms with Crippen LogP contribution in [0.15, 0.2) is 18.2 Å². The monoisotopic (exact) mass is 320 g/mol. The van der Waals surface area contributed by atoms with Gasteiger partial charge in [0.25, 0.3) is 5.91 Å². The molecule has 1 atom stereocenters. The third kappa shape index (κ3) is 4.32. The Hall–Kier alpha value is -1.83. The zero-order valence-electron chi connectivity index (χ0n) is 11.7. The summed E-state index contributed by atoms with van der Waals surface area (Å²) in [7, 11) is 2.98. The summed E-state index contributed by atoms with van der Waals surface area (Å²) >= 11 is 4.66. The van der Waals surface area contributed by atoms with Gasteiger partial charge >= 0.3 is 6.18 Å². The molecule has 0 heterocycles. The van der Waals surface area contributed by atoms with Crippen LogP contribution >= 0.6 is 12.2 Å². The van der Waals surface area contributed by atoms with E-state index in [9.17, 15) is 18.0 Å². The van der Waals surface area contributed by atoms with E-state index in [2.05, 4.69) is 12.2 Å². The molecule has 2 N–H and O–H groups in total. The Balaban J connectivity index is 3.18. The average molecular weight is 320 g/mol. The molecule has 1 aromatic rings. The number of halogens is 3. The van der Waals surface area contributed by atoms with E-state index in [0.717, 1.165) is 12.1 Å². The molecule has 8 heteroatoms. The zero-order chi connectivity index (χ0) is 16.4. The summed E-state index contributed by atoms with van der Waals surface area (Å²) in [4.78, 5) is 12.8. The van der Waals surface area contributed by atoms with Gasteiger partial charge in [-0.1, -0.05) is 12.2 Å². The Morgan fingerprint density at radius 2 is 1.95 bits per heavy atom. The molecule has 0 aliphatic heterocycles. The quantitative estimate of drug-likeness (QED) is 0.864. The molecule has 1 unspecified atom stereocenters. The van der Waals surface area contributed by atoms with Crippen molar-refractivity contribution in [3.05, 3.63) is 29.3 Å². The Kier molecular flexibility index (Phi) is 5.16. The van der Waals surface area contributed by atoms with Crippen LogP contribution in [-0.4, -0.2) is 36.0 Å². The van der Waals surface area contributed by atoms with Crippen molar-refractivity contribution in [2.45, 2.75) is 19.2 Å². The van der Waals surface area contributed by atoms with Crippen molar-refractivity contribution in [3.8, 4) is 5.75 Å². The normalized spacial score (nSPS) is 12.7. The van der Waals surface area contributed by atoms with Crippen molar-refractivity contribution in [3.63, 3.8) is 0 Å². The number of ether oxygens (including phenoxy) is 1. The molecule has 21 heavy (non-hydrogen) atoms. The largest absolute Gasteiger partial charge is 0.480 e. The van der Waals surface area contributed by atoms with E-state index in [1.54, 1.807) is 0 Å². The fraction of sp³-hybridized carbons (Fsp3) is 0.385. The summed E-state index contributed by atoms with van der Waals surface area (Å²) in [5.41, 5.74) is 4.39. The molecule has 0 aliphatic carbocycles. The molecule has 0 fully saturated rings. The van der Waals surface area contributed by atoms with Crippen LogP contribution in [0.25, 0.3) is 0 Å².